The third-order valence-corrected chi connectivity index (χ3v) is 6.86. The summed E-state index contributed by atoms with van der Waals surface area (Å²) in [6, 6.07) is 0.470. The van der Waals surface area contributed by atoms with Gasteiger partial charge in [-0.2, -0.15) is 5.48 Å². The Morgan fingerprint density at radius 3 is 2.65 bits per heavy atom. The molecule has 4 heterocycles. The summed E-state index contributed by atoms with van der Waals surface area (Å²) in [5, 5.41) is 7.36. The van der Waals surface area contributed by atoms with Gasteiger partial charge in [0.1, 0.15) is 6.23 Å². The van der Waals surface area contributed by atoms with Crippen molar-refractivity contribution in [3.8, 4) is 0 Å². The van der Waals surface area contributed by atoms with Crippen LogP contribution in [0.3, 0.4) is 0 Å². The summed E-state index contributed by atoms with van der Waals surface area (Å²) in [4.78, 5) is 22.2. The molecule has 1 amide bonds. The monoisotopic (exact) mass is 366 g/mol. The van der Waals surface area contributed by atoms with Crippen LogP contribution >= 0.6 is 0 Å². The SMILES string of the molecule is CN1CCC[C@H]1C1NC(C2CCNC(N3CCC(C(N)=O)CC3)C2)NO1. The van der Waals surface area contributed by atoms with E-state index >= 15 is 0 Å². The molecule has 0 saturated carbocycles. The van der Waals surface area contributed by atoms with Gasteiger partial charge in [0.05, 0.1) is 18.4 Å². The van der Waals surface area contributed by atoms with E-state index in [4.69, 9.17) is 10.6 Å². The quantitative estimate of drug-likeness (QED) is 0.527. The summed E-state index contributed by atoms with van der Waals surface area (Å²) in [5.41, 5.74) is 8.74. The number of amides is 1. The molecule has 4 aliphatic heterocycles. The standard InChI is InChI=1S/C18H34N6O2/c1-23-8-2-3-14(23)18-21-17(22-26-18)13-4-7-20-15(11-13)24-9-5-12(6-10-24)16(19)25/h12-15,17-18,20-22H,2-11H2,1H3,(H2,19,25)/t13?,14-,15?,17?,18?/m0/s1. The van der Waals surface area contributed by atoms with Crippen LogP contribution in [-0.4, -0.2) is 73.5 Å². The molecule has 0 bridgehead atoms. The number of carbonyl (C=O) groups is 1. The van der Waals surface area contributed by atoms with E-state index in [0.717, 1.165) is 51.9 Å². The van der Waals surface area contributed by atoms with Crippen LogP contribution in [0.15, 0.2) is 0 Å². The Labute approximate surface area is 156 Å². The first-order valence-corrected chi connectivity index (χ1v) is 10.3. The molecule has 8 nitrogen and oxygen atoms in total. The third-order valence-electron chi connectivity index (χ3n) is 6.86. The predicted molar refractivity (Wildman–Crippen MR) is 98.6 cm³/mol. The first-order chi connectivity index (χ1) is 12.6. The van der Waals surface area contributed by atoms with Crippen LogP contribution in [0.1, 0.15) is 38.5 Å². The van der Waals surface area contributed by atoms with Crippen molar-refractivity contribution in [2.45, 2.75) is 63.1 Å². The summed E-state index contributed by atoms with van der Waals surface area (Å²) in [6.45, 7) is 4.09. The fourth-order valence-corrected chi connectivity index (χ4v) is 5.13. The molecule has 4 rings (SSSR count). The van der Waals surface area contributed by atoms with Gasteiger partial charge < -0.3 is 11.1 Å². The lowest BCUT2D eigenvalue weighted by Gasteiger charge is -2.42. The molecule has 8 heteroatoms. The van der Waals surface area contributed by atoms with Crippen molar-refractivity contribution in [1.29, 1.82) is 0 Å². The number of nitrogens with zero attached hydrogens (tertiary/aromatic N) is 2. The highest BCUT2D eigenvalue weighted by molar-refractivity contribution is 5.76. The van der Waals surface area contributed by atoms with E-state index in [1.54, 1.807) is 0 Å². The second kappa shape index (κ2) is 8.08. The molecule has 148 valence electrons. The van der Waals surface area contributed by atoms with Crippen LogP contribution in [0.2, 0.25) is 0 Å². The highest BCUT2D eigenvalue weighted by Crippen LogP contribution is 2.28. The Morgan fingerprint density at radius 1 is 1.15 bits per heavy atom. The Bertz CT molecular complexity index is 498. The van der Waals surface area contributed by atoms with Crippen LogP contribution in [0.5, 0.6) is 0 Å². The number of hydroxylamine groups is 1. The largest absolute Gasteiger partial charge is 0.369 e. The number of hydrogen-bond acceptors (Lipinski definition) is 7. The van der Waals surface area contributed by atoms with Gasteiger partial charge >= 0.3 is 0 Å². The van der Waals surface area contributed by atoms with Crippen LogP contribution in [0.4, 0.5) is 0 Å². The molecule has 5 N–H and O–H groups in total. The molecule has 4 saturated heterocycles. The van der Waals surface area contributed by atoms with E-state index in [0.29, 0.717) is 18.1 Å². The molecule has 0 aliphatic carbocycles. The average Bonchev–Trinajstić information content (AvgIpc) is 3.30. The van der Waals surface area contributed by atoms with Crippen molar-refractivity contribution in [2.75, 3.05) is 33.2 Å². The van der Waals surface area contributed by atoms with Crippen molar-refractivity contribution in [2.24, 2.45) is 17.6 Å². The Balaban J connectivity index is 1.28. The topological polar surface area (TPSA) is 94.9 Å². The fourth-order valence-electron chi connectivity index (χ4n) is 5.13. The van der Waals surface area contributed by atoms with Gasteiger partial charge in [0.25, 0.3) is 0 Å². The van der Waals surface area contributed by atoms with Crippen LogP contribution in [-0.2, 0) is 9.63 Å². The summed E-state index contributed by atoms with van der Waals surface area (Å²) < 4.78 is 0. The van der Waals surface area contributed by atoms with E-state index in [9.17, 15) is 4.79 Å². The highest BCUT2D eigenvalue weighted by Gasteiger charge is 2.40. The molecule has 0 aromatic heterocycles. The highest BCUT2D eigenvalue weighted by atomic mass is 16.7. The normalized spacial score (nSPS) is 40.9. The number of hydrogen-bond donors (Lipinski definition) is 4. The van der Waals surface area contributed by atoms with E-state index in [-0.39, 0.29) is 24.2 Å². The van der Waals surface area contributed by atoms with Crippen molar-refractivity contribution < 1.29 is 9.63 Å². The molecule has 4 fully saturated rings. The molecule has 0 radical (unpaired) electrons. The molecule has 26 heavy (non-hydrogen) atoms. The maximum Gasteiger partial charge on any atom is 0.220 e. The lowest BCUT2D eigenvalue weighted by molar-refractivity contribution is -0.123. The van der Waals surface area contributed by atoms with Gasteiger partial charge in [0.2, 0.25) is 5.91 Å². The molecule has 0 aromatic rings. The van der Waals surface area contributed by atoms with Gasteiger partial charge in [-0.3, -0.25) is 24.7 Å². The van der Waals surface area contributed by atoms with Gasteiger partial charge in [0, 0.05) is 19.0 Å². The smallest absolute Gasteiger partial charge is 0.220 e. The number of nitrogens with one attached hydrogen (secondary N) is 3. The number of piperidine rings is 2. The summed E-state index contributed by atoms with van der Waals surface area (Å²) >= 11 is 0. The van der Waals surface area contributed by atoms with E-state index in [1.165, 1.54) is 12.8 Å². The minimum absolute atomic E-state index is 0.0568. The average molecular weight is 367 g/mol. The summed E-state index contributed by atoms with van der Waals surface area (Å²) in [6.07, 6.45) is 7.18. The number of rotatable bonds is 4. The second-order valence-corrected chi connectivity index (χ2v) is 8.46. The first kappa shape index (κ1) is 18.6. The van der Waals surface area contributed by atoms with Crippen molar-refractivity contribution in [3.63, 3.8) is 0 Å². The zero-order valence-corrected chi connectivity index (χ0v) is 15.8. The molecular weight excluding hydrogens is 332 g/mol. The number of likely N-dealkylation sites (tertiary alicyclic amines) is 2. The van der Waals surface area contributed by atoms with Gasteiger partial charge in [-0.25, -0.2) is 0 Å². The molecule has 4 aliphatic rings. The number of likely N-dealkylation sites (N-methyl/N-ethyl adjacent to an activating group) is 1. The Morgan fingerprint density at radius 2 is 1.96 bits per heavy atom. The number of carbonyl (C=O) groups excluding carboxylic acids is 1. The second-order valence-electron chi connectivity index (χ2n) is 8.46. The molecule has 5 atom stereocenters. The van der Waals surface area contributed by atoms with Crippen LogP contribution < -0.4 is 21.8 Å². The van der Waals surface area contributed by atoms with Gasteiger partial charge in [-0.15, -0.1) is 0 Å². The maximum atomic E-state index is 11.4. The number of primary amides is 1. The Kier molecular flexibility index (Phi) is 5.78. The van der Waals surface area contributed by atoms with Crippen molar-refractivity contribution in [1.82, 2.24) is 25.9 Å². The van der Waals surface area contributed by atoms with Crippen LogP contribution in [0.25, 0.3) is 0 Å². The summed E-state index contributed by atoms with van der Waals surface area (Å²) in [7, 11) is 2.19. The van der Waals surface area contributed by atoms with Crippen molar-refractivity contribution >= 4 is 5.91 Å². The number of nitrogens with two attached hydrogens (primary N) is 1. The molecule has 0 aromatic carbocycles. The minimum Gasteiger partial charge on any atom is -0.369 e. The van der Waals surface area contributed by atoms with E-state index in [1.807, 2.05) is 0 Å². The third kappa shape index (κ3) is 3.90. The minimum atomic E-state index is -0.140. The molecule has 4 unspecified atom stereocenters. The molecular formula is C18H34N6O2. The summed E-state index contributed by atoms with van der Waals surface area (Å²) in [5.74, 6) is 0.465. The molecule has 0 spiro atoms. The zero-order chi connectivity index (χ0) is 18.1. The maximum absolute atomic E-state index is 11.4. The lowest BCUT2D eigenvalue weighted by Crippen LogP contribution is -2.56. The van der Waals surface area contributed by atoms with Gasteiger partial charge in [-0.05, 0) is 64.6 Å². The first-order valence-electron chi connectivity index (χ1n) is 10.3. The fraction of sp³-hybridized carbons (Fsp3) is 0.944. The van der Waals surface area contributed by atoms with Gasteiger partial charge in [-0.1, -0.05) is 0 Å². The Hall–Kier alpha value is -0.770. The van der Waals surface area contributed by atoms with Crippen molar-refractivity contribution in [3.05, 3.63) is 0 Å². The van der Waals surface area contributed by atoms with Crippen LogP contribution in [0, 0.1) is 11.8 Å². The van der Waals surface area contributed by atoms with Gasteiger partial charge in [0.15, 0.2) is 0 Å². The zero-order valence-electron chi connectivity index (χ0n) is 15.8. The predicted octanol–water partition coefficient (Wildman–Crippen LogP) is -0.620. The van der Waals surface area contributed by atoms with E-state index < -0.39 is 0 Å². The van der Waals surface area contributed by atoms with E-state index in [2.05, 4.69) is 33.0 Å². The lowest BCUT2D eigenvalue weighted by atomic mass is 9.90.